The SMILES string of the molecule is Cc1nc2c(s1)c1cnn(Cc3ccccc3C)c(=O)c1n2C. The molecular weight excluding hydrogens is 308 g/mol. The zero-order chi connectivity index (χ0) is 16.1. The van der Waals surface area contributed by atoms with E-state index in [2.05, 4.69) is 10.1 Å². The van der Waals surface area contributed by atoms with Gasteiger partial charge in [0.25, 0.3) is 5.56 Å². The summed E-state index contributed by atoms with van der Waals surface area (Å²) in [7, 11) is 1.89. The molecule has 0 saturated heterocycles. The highest BCUT2D eigenvalue weighted by molar-refractivity contribution is 7.19. The van der Waals surface area contributed by atoms with Gasteiger partial charge in [0, 0.05) is 12.4 Å². The van der Waals surface area contributed by atoms with Crippen molar-refractivity contribution in [3.8, 4) is 0 Å². The Morgan fingerprint density at radius 2 is 2.00 bits per heavy atom. The molecule has 0 bridgehead atoms. The van der Waals surface area contributed by atoms with E-state index >= 15 is 0 Å². The Bertz CT molecular complexity index is 1100. The number of thiazole rings is 1. The van der Waals surface area contributed by atoms with Gasteiger partial charge in [-0.25, -0.2) is 9.67 Å². The molecule has 0 unspecified atom stereocenters. The van der Waals surface area contributed by atoms with E-state index in [1.165, 1.54) is 4.68 Å². The van der Waals surface area contributed by atoms with E-state index in [0.29, 0.717) is 12.1 Å². The second-order valence-electron chi connectivity index (χ2n) is 5.74. The van der Waals surface area contributed by atoms with Crippen molar-refractivity contribution >= 4 is 32.6 Å². The first-order chi connectivity index (χ1) is 11.1. The van der Waals surface area contributed by atoms with Crippen LogP contribution in [0.25, 0.3) is 21.3 Å². The molecule has 0 amide bonds. The Labute approximate surface area is 136 Å². The zero-order valence-corrected chi connectivity index (χ0v) is 14.0. The smallest absolute Gasteiger partial charge is 0.291 e. The van der Waals surface area contributed by atoms with Crippen molar-refractivity contribution in [3.05, 3.63) is 57.0 Å². The van der Waals surface area contributed by atoms with Crippen molar-refractivity contribution in [2.75, 3.05) is 0 Å². The monoisotopic (exact) mass is 324 g/mol. The number of rotatable bonds is 2. The van der Waals surface area contributed by atoms with Gasteiger partial charge in [0.05, 0.1) is 22.4 Å². The van der Waals surface area contributed by atoms with Crippen molar-refractivity contribution in [2.24, 2.45) is 7.05 Å². The first-order valence-electron chi connectivity index (χ1n) is 7.42. The molecule has 0 radical (unpaired) electrons. The first kappa shape index (κ1) is 14.1. The summed E-state index contributed by atoms with van der Waals surface area (Å²) >= 11 is 1.60. The van der Waals surface area contributed by atoms with E-state index in [4.69, 9.17) is 0 Å². The minimum absolute atomic E-state index is 0.0730. The van der Waals surface area contributed by atoms with Crippen molar-refractivity contribution in [2.45, 2.75) is 20.4 Å². The maximum absolute atomic E-state index is 12.9. The Balaban J connectivity index is 1.93. The highest BCUT2D eigenvalue weighted by Crippen LogP contribution is 2.30. The Morgan fingerprint density at radius 1 is 1.22 bits per heavy atom. The predicted molar refractivity (Wildman–Crippen MR) is 93.2 cm³/mol. The second kappa shape index (κ2) is 5.03. The molecule has 6 heteroatoms. The summed E-state index contributed by atoms with van der Waals surface area (Å²) in [5.74, 6) is 0. The largest absolute Gasteiger partial charge is 0.323 e. The fraction of sp³-hybridized carbons (Fsp3) is 0.235. The van der Waals surface area contributed by atoms with Crippen LogP contribution in [0.2, 0.25) is 0 Å². The van der Waals surface area contributed by atoms with Gasteiger partial charge in [-0.2, -0.15) is 5.10 Å². The maximum Gasteiger partial charge on any atom is 0.291 e. The van der Waals surface area contributed by atoms with Gasteiger partial charge in [0.15, 0.2) is 5.65 Å². The Hall–Kier alpha value is -2.47. The third kappa shape index (κ3) is 2.09. The number of hydrogen-bond donors (Lipinski definition) is 0. The summed E-state index contributed by atoms with van der Waals surface area (Å²) < 4.78 is 4.45. The van der Waals surface area contributed by atoms with Crippen molar-refractivity contribution in [3.63, 3.8) is 0 Å². The van der Waals surface area contributed by atoms with E-state index in [1.807, 2.05) is 49.7 Å². The lowest BCUT2D eigenvalue weighted by Crippen LogP contribution is -2.24. The summed E-state index contributed by atoms with van der Waals surface area (Å²) in [6.45, 7) is 4.50. The second-order valence-corrected chi connectivity index (χ2v) is 6.94. The van der Waals surface area contributed by atoms with E-state index in [0.717, 1.165) is 31.9 Å². The van der Waals surface area contributed by atoms with E-state index < -0.39 is 0 Å². The molecule has 0 atom stereocenters. The van der Waals surface area contributed by atoms with Crippen molar-refractivity contribution < 1.29 is 0 Å². The lowest BCUT2D eigenvalue weighted by molar-refractivity contribution is 0.642. The molecule has 0 N–H and O–H groups in total. The highest BCUT2D eigenvalue weighted by Gasteiger charge is 2.17. The Morgan fingerprint density at radius 3 is 2.78 bits per heavy atom. The van der Waals surface area contributed by atoms with Gasteiger partial charge in [0.1, 0.15) is 5.52 Å². The minimum Gasteiger partial charge on any atom is -0.323 e. The van der Waals surface area contributed by atoms with Crippen LogP contribution in [0.15, 0.2) is 35.3 Å². The van der Waals surface area contributed by atoms with Crippen LogP contribution in [0.4, 0.5) is 0 Å². The van der Waals surface area contributed by atoms with Gasteiger partial charge < -0.3 is 4.57 Å². The number of aryl methyl sites for hydroxylation is 3. The van der Waals surface area contributed by atoms with Crippen LogP contribution < -0.4 is 5.56 Å². The van der Waals surface area contributed by atoms with E-state index in [1.54, 1.807) is 17.5 Å². The Kier molecular flexibility index (Phi) is 3.09. The minimum atomic E-state index is -0.0730. The molecule has 116 valence electrons. The molecule has 0 fully saturated rings. The van der Waals surface area contributed by atoms with Gasteiger partial charge in [-0.1, -0.05) is 24.3 Å². The summed E-state index contributed by atoms with van der Waals surface area (Å²) in [6, 6.07) is 8.06. The molecule has 3 aromatic heterocycles. The number of benzene rings is 1. The molecule has 0 aliphatic carbocycles. The van der Waals surface area contributed by atoms with Gasteiger partial charge in [-0.3, -0.25) is 4.79 Å². The molecule has 23 heavy (non-hydrogen) atoms. The maximum atomic E-state index is 12.9. The third-order valence-electron chi connectivity index (χ3n) is 4.21. The van der Waals surface area contributed by atoms with Crippen LogP contribution in [0.5, 0.6) is 0 Å². The molecule has 3 heterocycles. The van der Waals surface area contributed by atoms with Gasteiger partial charge in [-0.15, -0.1) is 11.3 Å². The number of hydrogen-bond acceptors (Lipinski definition) is 4. The standard InChI is InChI=1S/C17H16N4OS/c1-10-6-4-5-7-12(10)9-21-17(22)14-13(8-18-21)15-16(20(14)3)19-11(2)23-15/h4-8H,9H2,1-3H3. The number of fused-ring (bicyclic) bond motifs is 3. The van der Waals surface area contributed by atoms with Gasteiger partial charge >= 0.3 is 0 Å². The number of aromatic nitrogens is 4. The molecular formula is C17H16N4OS. The average Bonchev–Trinajstić information content (AvgIpc) is 3.02. The number of nitrogens with zero attached hydrogens (tertiary/aromatic N) is 4. The topological polar surface area (TPSA) is 52.7 Å². The fourth-order valence-corrected chi connectivity index (χ4v) is 3.92. The van der Waals surface area contributed by atoms with E-state index in [-0.39, 0.29) is 5.56 Å². The van der Waals surface area contributed by atoms with Crippen molar-refractivity contribution in [1.29, 1.82) is 0 Å². The van der Waals surface area contributed by atoms with Crippen LogP contribution in [0, 0.1) is 13.8 Å². The molecule has 1 aromatic carbocycles. The summed E-state index contributed by atoms with van der Waals surface area (Å²) in [5, 5.41) is 6.27. The first-order valence-corrected chi connectivity index (χ1v) is 8.24. The molecule has 0 aliphatic rings. The van der Waals surface area contributed by atoms with Crippen LogP contribution in [0.3, 0.4) is 0 Å². The molecule has 0 aliphatic heterocycles. The summed E-state index contributed by atoms with van der Waals surface area (Å²) in [5.41, 5.74) is 3.71. The van der Waals surface area contributed by atoms with Crippen LogP contribution in [-0.4, -0.2) is 19.3 Å². The average molecular weight is 324 g/mol. The van der Waals surface area contributed by atoms with E-state index in [9.17, 15) is 4.79 Å². The van der Waals surface area contributed by atoms with Crippen LogP contribution >= 0.6 is 11.3 Å². The molecule has 0 saturated carbocycles. The van der Waals surface area contributed by atoms with Crippen LogP contribution in [-0.2, 0) is 13.6 Å². The normalized spacial score (nSPS) is 11.6. The lowest BCUT2D eigenvalue weighted by Gasteiger charge is -2.08. The van der Waals surface area contributed by atoms with Gasteiger partial charge in [0.2, 0.25) is 0 Å². The zero-order valence-electron chi connectivity index (χ0n) is 13.2. The molecule has 4 rings (SSSR count). The summed E-state index contributed by atoms with van der Waals surface area (Å²) in [6.07, 6.45) is 1.79. The summed E-state index contributed by atoms with van der Waals surface area (Å²) in [4.78, 5) is 17.4. The molecule has 0 spiro atoms. The highest BCUT2D eigenvalue weighted by atomic mass is 32.1. The fourth-order valence-electron chi connectivity index (χ4n) is 2.95. The molecule has 5 nitrogen and oxygen atoms in total. The van der Waals surface area contributed by atoms with Crippen LogP contribution in [0.1, 0.15) is 16.1 Å². The lowest BCUT2D eigenvalue weighted by atomic mass is 10.1. The van der Waals surface area contributed by atoms with Gasteiger partial charge in [-0.05, 0) is 25.0 Å². The molecule has 4 aromatic rings. The third-order valence-corrected chi connectivity index (χ3v) is 5.21. The van der Waals surface area contributed by atoms with Crippen molar-refractivity contribution in [1.82, 2.24) is 19.3 Å². The quantitative estimate of drug-likeness (QED) is 0.569. The predicted octanol–water partition coefficient (Wildman–Crippen LogP) is 3.01.